The number of aryl methyl sites for hydroxylation is 1. The highest BCUT2D eigenvalue weighted by Gasteiger charge is 2.16. The van der Waals surface area contributed by atoms with Crippen molar-refractivity contribution in [2.75, 3.05) is 6.54 Å². The van der Waals surface area contributed by atoms with Crippen molar-refractivity contribution in [1.29, 1.82) is 0 Å². The van der Waals surface area contributed by atoms with Gasteiger partial charge >= 0.3 is 0 Å². The average Bonchev–Trinajstić information content (AvgIpc) is 3.14. The topological polar surface area (TPSA) is 118 Å². The number of hydrogen-bond acceptors (Lipinski definition) is 7. The Kier molecular flexibility index (Phi) is 5.71. The van der Waals surface area contributed by atoms with Crippen LogP contribution in [0.2, 0.25) is 5.02 Å². The van der Waals surface area contributed by atoms with Crippen LogP contribution >= 0.6 is 11.6 Å². The van der Waals surface area contributed by atoms with E-state index in [1.807, 2.05) is 30.3 Å². The van der Waals surface area contributed by atoms with Gasteiger partial charge in [0.05, 0.1) is 11.3 Å². The second-order valence-corrected chi connectivity index (χ2v) is 7.07. The van der Waals surface area contributed by atoms with Gasteiger partial charge in [-0.15, -0.1) is 0 Å². The Morgan fingerprint density at radius 3 is 2.57 bits per heavy atom. The maximum absolute atomic E-state index is 6.21. The second kappa shape index (κ2) is 8.58. The summed E-state index contributed by atoms with van der Waals surface area (Å²) in [6.07, 6.45) is 5.06. The fourth-order valence-electron chi connectivity index (χ4n) is 2.87. The van der Waals surface area contributed by atoms with E-state index in [2.05, 4.69) is 20.1 Å². The molecule has 0 radical (unpaired) electrons. The van der Waals surface area contributed by atoms with Crippen LogP contribution in [0.3, 0.4) is 0 Å². The SMILES string of the molecule is Cn1nc(-c2ccccn2)cc1Oc1cc(Cl)ccc1-c1ncc([C@H](N)CN)cn1. The van der Waals surface area contributed by atoms with Gasteiger partial charge in [-0.3, -0.25) is 4.98 Å². The summed E-state index contributed by atoms with van der Waals surface area (Å²) in [5.41, 5.74) is 14.5. The zero-order chi connectivity index (χ0) is 21.1. The Morgan fingerprint density at radius 2 is 1.87 bits per heavy atom. The first-order chi connectivity index (χ1) is 14.5. The molecular weight excluding hydrogens is 402 g/mol. The molecule has 4 aromatic rings. The number of pyridine rings is 1. The van der Waals surface area contributed by atoms with Crippen molar-refractivity contribution < 1.29 is 4.74 Å². The number of nitrogens with zero attached hydrogens (tertiary/aromatic N) is 5. The third-order valence-electron chi connectivity index (χ3n) is 4.52. The zero-order valence-electron chi connectivity index (χ0n) is 16.2. The fourth-order valence-corrected chi connectivity index (χ4v) is 3.03. The molecule has 0 saturated carbocycles. The van der Waals surface area contributed by atoms with Crippen LogP contribution < -0.4 is 16.2 Å². The van der Waals surface area contributed by atoms with Crippen molar-refractivity contribution in [2.24, 2.45) is 18.5 Å². The minimum absolute atomic E-state index is 0.306. The maximum Gasteiger partial charge on any atom is 0.218 e. The number of aromatic nitrogens is 5. The number of ether oxygens (including phenoxy) is 1. The average molecular weight is 422 g/mol. The van der Waals surface area contributed by atoms with Crippen LogP contribution in [0.25, 0.3) is 22.8 Å². The molecule has 30 heavy (non-hydrogen) atoms. The first-order valence-corrected chi connectivity index (χ1v) is 9.63. The number of nitrogens with two attached hydrogens (primary N) is 2. The van der Waals surface area contributed by atoms with Gasteiger partial charge in [0, 0.05) is 60.9 Å². The van der Waals surface area contributed by atoms with E-state index in [-0.39, 0.29) is 6.04 Å². The van der Waals surface area contributed by atoms with Crippen LogP contribution in [-0.2, 0) is 7.05 Å². The van der Waals surface area contributed by atoms with Crippen molar-refractivity contribution >= 4 is 11.6 Å². The Labute approximate surface area is 178 Å². The molecule has 8 nitrogen and oxygen atoms in total. The lowest BCUT2D eigenvalue weighted by atomic mass is 10.1. The molecule has 0 aliphatic carbocycles. The van der Waals surface area contributed by atoms with Gasteiger partial charge in [0.25, 0.3) is 0 Å². The minimum Gasteiger partial charge on any atom is -0.438 e. The van der Waals surface area contributed by atoms with E-state index in [0.717, 1.165) is 11.3 Å². The van der Waals surface area contributed by atoms with Crippen molar-refractivity contribution in [3.05, 3.63) is 71.6 Å². The van der Waals surface area contributed by atoms with E-state index in [4.69, 9.17) is 27.8 Å². The molecule has 0 saturated heterocycles. The van der Waals surface area contributed by atoms with Crippen LogP contribution in [0.5, 0.6) is 11.6 Å². The number of rotatable bonds is 6. The highest BCUT2D eigenvalue weighted by atomic mass is 35.5. The monoisotopic (exact) mass is 421 g/mol. The first-order valence-electron chi connectivity index (χ1n) is 9.26. The molecule has 3 aromatic heterocycles. The molecular formula is C21H20ClN7O. The lowest BCUT2D eigenvalue weighted by Gasteiger charge is -2.12. The largest absolute Gasteiger partial charge is 0.438 e. The van der Waals surface area contributed by atoms with E-state index in [0.29, 0.717) is 40.3 Å². The van der Waals surface area contributed by atoms with Gasteiger partial charge in [0.1, 0.15) is 11.4 Å². The maximum atomic E-state index is 6.21. The molecule has 3 heterocycles. The summed E-state index contributed by atoms with van der Waals surface area (Å²) in [5, 5.41) is 5.01. The normalized spacial score (nSPS) is 12.0. The van der Waals surface area contributed by atoms with Crippen LogP contribution in [0.1, 0.15) is 11.6 Å². The van der Waals surface area contributed by atoms with E-state index >= 15 is 0 Å². The first kappa shape index (κ1) is 20.0. The number of halogens is 1. The summed E-state index contributed by atoms with van der Waals surface area (Å²) in [5.74, 6) is 1.52. The van der Waals surface area contributed by atoms with Gasteiger partial charge in [0.15, 0.2) is 5.82 Å². The molecule has 9 heteroatoms. The molecule has 4 rings (SSSR count). The summed E-state index contributed by atoms with van der Waals surface area (Å²) in [6, 6.07) is 12.4. The number of benzene rings is 1. The Balaban J connectivity index is 1.67. The Hall–Kier alpha value is -3.33. The molecule has 0 aliphatic rings. The van der Waals surface area contributed by atoms with Gasteiger partial charge in [-0.05, 0) is 24.3 Å². The van der Waals surface area contributed by atoms with Crippen molar-refractivity contribution in [1.82, 2.24) is 24.7 Å². The lowest BCUT2D eigenvalue weighted by Crippen LogP contribution is -2.21. The molecule has 0 unspecified atom stereocenters. The van der Waals surface area contributed by atoms with Crippen molar-refractivity contribution in [2.45, 2.75) is 6.04 Å². The standard InChI is InChI=1S/C21H20ClN7O/c1-29-20(9-18(28-29)17-4-2-3-7-25-17)30-19-8-14(22)5-6-15(19)21-26-11-13(12-27-21)16(24)10-23/h2-9,11-12,16H,10,23-24H2,1H3/t16-/m1/s1. The summed E-state index contributed by atoms with van der Waals surface area (Å²) < 4.78 is 7.78. The Bertz CT molecular complexity index is 1150. The van der Waals surface area contributed by atoms with E-state index in [9.17, 15) is 0 Å². The van der Waals surface area contributed by atoms with Crippen LogP contribution in [0.15, 0.2) is 61.1 Å². The summed E-state index contributed by atoms with van der Waals surface area (Å²) >= 11 is 6.21. The Morgan fingerprint density at radius 1 is 1.07 bits per heavy atom. The van der Waals surface area contributed by atoms with Crippen LogP contribution in [-0.4, -0.2) is 31.3 Å². The summed E-state index contributed by atoms with van der Waals surface area (Å²) in [4.78, 5) is 13.2. The second-order valence-electron chi connectivity index (χ2n) is 6.63. The molecule has 0 amide bonds. The minimum atomic E-state index is -0.306. The van der Waals surface area contributed by atoms with Gasteiger partial charge < -0.3 is 16.2 Å². The molecule has 152 valence electrons. The molecule has 4 N–H and O–H groups in total. The van der Waals surface area contributed by atoms with E-state index < -0.39 is 0 Å². The smallest absolute Gasteiger partial charge is 0.218 e. The highest BCUT2D eigenvalue weighted by molar-refractivity contribution is 6.30. The molecule has 0 aliphatic heterocycles. The van der Waals surface area contributed by atoms with E-state index in [1.165, 1.54) is 0 Å². The lowest BCUT2D eigenvalue weighted by molar-refractivity contribution is 0.432. The summed E-state index contributed by atoms with van der Waals surface area (Å²) in [7, 11) is 1.80. The van der Waals surface area contributed by atoms with Crippen molar-refractivity contribution in [3.8, 4) is 34.4 Å². The molecule has 0 bridgehead atoms. The molecule has 0 spiro atoms. The molecule has 1 atom stereocenters. The third-order valence-corrected chi connectivity index (χ3v) is 4.75. The summed E-state index contributed by atoms with van der Waals surface area (Å²) in [6.45, 7) is 0.317. The van der Waals surface area contributed by atoms with Gasteiger partial charge in [-0.25, -0.2) is 14.6 Å². The number of hydrogen-bond donors (Lipinski definition) is 2. The van der Waals surface area contributed by atoms with Gasteiger partial charge in [-0.1, -0.05) is 17.7 Å². The zero-order valence-corrected chi connectivity index (χ0v) is 17.0. The van der Waals surface area contributed by atoms with Crippen molar-refractivity contribution in [3.63, 3.8) is 0 Å². The third kappa shape index (κ3) is 4.16. The predicted octanol–water partition coefficient (Wildman–Crippen LogP) is 3.34. The predicted molar refractivity (Wildman–Crippen MR) is 115 cm³/mol. The van der Waals surface area contributed by atoms with Crippen LogP contribution in [0.4, 0.5) is 0 Å². The van der Waals surface area contributed by atoms with Crippen LogP contribution in [0, 0.1) is 0 Å². The molecule has 0 fully saturated rings. The van der Waals surface area contributed by atoms with Gasteiger partial charge in [-0.2, -0.15) is 5.10 Å². The fraction of sp³-hybridized carbons (Fsp3) is 0.143. The van der Waals surface area contributed by atoms with E-state index in [1.54, 1.807) is 42.5 Å². The van der Waals surface area contributed by atoms with Gasteiger partial charge in [0.2, 0.25) is 5.88 Å². The highest BCUT2D eigenvalue weighted by Crippen LogP contribution is 2.35. The quantitative estimate of drug-likeness (QED) is 0.490. The molecule has 1 aromatic carbocycles.